The number of hydrogen-bond donors (Lipinski definition) is 0. The third-order valence-electron chi connectivity index (χ3n) is 5.26. The van der Waals surface area contributed by atoms with Crippen LogP contribution in [0.1, 0.15) is 13.8 Å². The van der Waals surface area contributed by atoms with Crippen molar-refractivity contribution in [2.75, 3.05) is 23.2 Å². The van der Waals surface area contributed by atoms with Crippen LogP contribution in [-0.4, -0.2) is 48.4 Å². The number of esters is 2. The summed E-state index contributed by atoms with van der Waals surface area (Å²) in [6.07, 6.45) is 0. The lowest BCUT2D eigenvalue weighted by Gasteiger charge is -2.20. The molecule has 0 aliphatic carbocycles. The first-order valence-corrected chi connectivity index (χ1v) is 10.8. The van der Waals surface area contributed by atoms with Crippen LogP contribution in [0, 0.1) is 11.8 Å². The Morgan fingerprint density at radius 1 is 0.706 bits per heavy atom. The van der Waals surface area contributed by atoms with E-state index in [-0.39, 0.29) is 24.6 Å². The summed E-state index contributed by atoms with van der Waals surface area (Å²) >= 11 is 0. The van der Waals surface area contributed by atoms with Gasteiger partial charge in [-0.25, -0.2) is 9.59 Å². The van der Waals surface area contributed by atoms with Gasteiger partial charge in [0, 0.05) is 0 Å². The molecule has 2 unspecified atom stereocenters. The van der Waals surface area contributed by atoms with Crippen LogP contribution >= 0.6 is 0 Å². The molecule has 10 nitrogen and oxygen atoms in total. The van der Waals surface area contributed by atoms with Crippen LogP contribution in [0.3, 0.4) is 0 Å². The molecule has 4 rings (SSSR count). The van der Waals surface area contributed by atoms with Crippen LogP contribution in [0.15, 0.2) is 70.9 Å². The van der Waals surface area contributed by atoms with Crippen molar-refractivity contribution in [2.45, 2.75) is 13.8 Å². The van der Waals surface area contributed by atoms with Crippen LogP contribution in [0.4, 0.5) is 11.4 Å². The van der Waals surface area contributed by atoms with Gasteiger partial charge in [0.05, 0.1) is 24.6 Å². The Hall–Kier alpha value is -4.34. The first kappa shape index (κ1) is 22.8. The predicted octanol–water partition coefficient (Wildman–Crippen LogP) is 2.15. The third-order valence-corrected chi connectivity index (χ3v) is 5.26. The number of hydrogen-bond acceptors (Lipinski definition) is 8. The van der Waals surface area contributed by atoms with Gasteiger partial charge in [-0.15, -0.1) is 0 Å². The van der Waals surface area contributed by atoms with E-state index in [4.69, 9.17) is 9.47 Å². The van der Waals surface area contributed by atoms with Crippen molar-refractivity contribution in [2.24, 2.45) is 22.0 Å². The minimum atomic E-state index is -1.41. The van der Waals surface area contributed by atoms with Crippen LogP contribution < -0.4 is 10.0 Å². The van der Waals surface area contributed by atoms with Gasteiger partial charge in [0.25, 0.3) is 11.8 Å². The zero-order chi connectivity index (χ0) is 24.2. The molecule has 0 aromatic heterocycles. The molecule has 2 aromatic rings. The molecule has 2 heterocycles. The van der Waals surface area contributed by atoms with E-state index in [1.54, 1.807) is 74.5 Å². The van der Waals surface area contributed by atoms with Crippen molar-refractivity contribution >= 4 is 46.6 Å². The summed E-state index contributed by atoms with van der Waals surface area (Å²) in [6, 6.07) is 16.9. The van der Waals surface area contributed by atoms with Crippen LogP contribution in [0.25, 0.3) is 0 Å². The fourth-order valence-corrected chi connectivity index (χ4v) is 3.79. The molecule has 0 spiro atoms. The van der Waals surface area contributed by atoms with E-state index < -0.39 is 35.6 Å². The number of hydrazone groups is 2. The van der Waals surface area contributed by atoms with Gasteiger partial charge in [-0.1, -0.05) is 36.4 Å². The summed E-state index contributed by atoms with van der Waals surface area (Å²) in [4.78, 5) is 52.7. The third kappa shape index (κ3) is 4.05. The lowest BCUT2D eigenvalue weighted by molar-refractivity contribution is -0.137. The number of carbonyl (C=O) groups is 4. The maximum Gasteiger partial charge on any atom is 0.355 e. The molecule has 10 heteroatoms. The molecule has 2 aliphatic rings. The molecule has 2 aliphatic heterocycles. The van der Waals surface area contributed by atoms with Crippen molar-refractivity contribution in [3.8, 4) is 0 Å². The minimum absolute atomic E-state index is 0.0394. The number of amides is 2. The van der Waals surface area contributed by atoms with E-state index in [0.29, 0.717) is 11.4 Å². The van der Waals surface area contributed by atoms with E-state index in [1.807, 2.05) is 0 Å². The Bertz CT molecular complexity index is 1080. The van der Waals surface area contributed by atoms with Crippen molar-refractivity contribution in [3.05, 3.63) is 60.7 Å². The van der Waals surface area contributed by atoms with Crippen LogP contribution in [0.5, 0.6) is 0 Å². The van der Waals surface area contributed by atoms with E-state index >= 15 is 0 Å². The molecule has 0 N–H and O–H groups in total. The predicted molar refractivity (Wildman–Crippen MR) is 123 cm³/mol. The fraction of sp³-hybridized carbons (Fsp3) is 0.250. The van der Waals surface area contributed by atoms with Gasteiger partial charge in [0.1, 0.15) is 11.8 Å². The lowest BCUT2D eigenvalue weighted by Crippen LogP contribution is -2.45. The SMILES string of the molecule is CCOC(=O)C1=NN(c2ccccc2)C(=O)C1C1C(=O)N(c2ccccc2)N=C1C(=O)OCC. The summed E-state index contributed by atoms with van der Waals surface area (Å²) in [5.41, 5.74) is 0.246. The highest BCUT2D eigenvalue weighted by molar-refractivity contribution is 6.50. The van der Waals surface area contributed by atoms with Crippen molar-refractivity contribution in [1.29, 1.82) is 0 Å². The van der Waals surface area contributed by atoms with Gasteiger partial charge < -0.3 is 9.47 Å². The summed E-state index contributed by atoms with van der Waals surface area (Å²) in [5, 5.41) is 10.5. The average Bonchev–Trinajstić information content (AvgIpc) is 3.37. The fourth-order valence-electron chi connectivity index (χ4n) is 3.79. The first-order chi connectivity index (χ1) is 16.5. The Balaban J connectivity index is 1.80. The molecule has 34 heavy (non-hydrogen) atoms. The number of para-hydroxylation sites is 2. The molecule has 0 bridgehead atoms. The number of carbonyl (C=O) groups excluding carboxylic acids is 4. The Morgan fingerprint density at radius 3 is 1.38 bits per heavy atom. The quantitative estimate of drug-likeness (QED) is 0.582. The number of nitrogens with zero attached hydrogens (tertiary/aromatic N) is 4. The molecular formula is C24H22N4O6. The maximum absolute atomic E-state index is 13.6. The van der Waals surface area contributed by atoms with Gasteiger partial charge in [0.15, 0.2) is 11.4 Å². The molecule has 0 saturated heterocycles. The highest BCUT2D eigenvalue weighted by Gasteiger charge is 2.55. The minimum Gasteiger partial charge on any atom is -0.461 e. The van der Waals surface area contributed by atoms with Crippen molar-refractivity contribution in [3.63, 3.8) is 0 Å². The smallest absolute Gasteiger partial charge is 0.355 e. The van der Waals surface area contributed by atoms with Crippen LogP contribution in [-0.2, 0) is 28.7 Å². The number of rotatable bonds is 7. The van der Waals surface area contributed by atoms with Gasteiger partial charge >= 0.3 is 11.9 Å². The zero-order valence-corrected chi connectivity index (χ0v) is 18.6. The molecule has 174 valence electrons. The van der Waals surface area contributed by atoms with E-state index in [2.05, 4.69) is 10.2 Å². The van der Waals surface area contributed by atoms with Gasteiger partial charge in [0.2, 0.25) is 0 Å². The summed E-state index contributed by atoms with van der Waals surface area (Å²) in [5.74, 6) is -5.84. The van der Waals surface area contributed by atoms with Crippen molar-refractivity contribution < 1.29 is 28.7 Å². The second kappa shape index (κ2) is 9.65. The zero-order valence-electron chi connectivity index (χ0n) is 18.6. The molecular weight excluding hydrogens is 440 g/mol. The van der Waals surface area contributed by atoms with Crippen LogP contribution in [0.2, 0.25) is 0 Å². The number of benzene rings is 2. The molecule has 0 fully saturated rings. The summed E-state index contributed by atoms with van der Waals surface area (Å²) in [6.45, 7) is 3.31. The summed E-state index contributed by atoms with van der Waals surface area (Å²) < 4.78 is 10.2. The van der Waals surface area contributed by atoms with E-state index in [9.17, 15) is 19.2 Å². The highest BCUT2D eigenvalue weighted by Crippen LogP contribution is 2.35. The molecule has 2 amide bonds. The van der Waals surface area contributed by atoms with Gasteiger partial charge in [-0.2, -0.15) is 20.2 Å². The second-order valence-corrected chi connectivity index (χ2v) is 7.34. The highest BCUT2D eigenvalue weighted by atomic mass is 16.5. The standard InChI is InChI=1S/C24H22N4O6/c1-3-33-23(31)19-17(21(29)27(25-19)15-11-7-5-8-12-15)18-20(24(32)34-4-2)26-28(22(18)30)16-13-9-6-10-14-16/h5-14,17-18H,3-4H2,1-2H3. The average molecular weight is 462 g/mol. The number of anilines is 2. The van der Waals surface area contributed by atoms with E-state index in [1.165, 1.54) is 0 Å². The molecule has 0 saturated carbocycles. The topological polar surface area (TPSA) is 118 Å². The Morgan fingerprint density at radius 2 is 1.06 bits per heavy atom. The summed E-state index contributed by atoms with van der Waals surface area (Å²) in [7, 11) is 0. The van der Waals surface area contributed by atoms with Gasteiger partial charge in [-0.05, 0) is 38.1 Å². The lowest BCUT2D eigenvalue weighted by atomic mass is 9.83. The van der Waals surface area contributed by atoms with E-state index in [0.717, 1.165) is 10.0 Å². The Kier molecular flexibility index (Phi) is 6.48. The van der Waals surface area contributed by atoms with Crippen molar-refractivity contribution in [1.82, 2.24) is 0 Å². The molecule has 2 atom stereocenters. The van der Waals surface area contributed by atoms with Gasteiger partial charge in [-0.3, -0.25) is 9.59 Å². The second-order valence-electron chi connectivity index (χ2n) is 7.34. The monoisotopic (exact) mass is 462 g/mol. The normalized spacial score (nSPS) is 19.7. The molecule has 2 aromatic carbocycles. The number of ether oxygens (including phenoxy) is 2. The maximum atomic E-state index is 13.6. The molecule has 0 radical (unpaired) electrons. The first-order valence-electron chi connectivity index (χ1n) is 10.8. The Labute approximate surface area is 195 Å². The largest absolute Gasteiger partial charge is 0.461 e.